The second kappa shape index (κ2) is 8.08. The highest BCUT2D eigenvalue weighted by molar-refractivity contribution is 7.26. The molecule has 138 valence electrons. The predicted octanol–water partition coefficient (Wildman–Crippen LogP) is 5.10. The fourth-order valence-corrected chi connectivity index (χ4v) is 4.72. The highest BCUT2D eigenvalue weighted by Gasteiger charge is 2.11. The number of pyridine rings is 1. The molecule has 3 N–H and O–H groups in total. The lowest BCUT2D eigenvalue weighted by Gasteiger charge is -2.12. The molecule has 0 saturated carbocycles. The third kappa shape index (κ3) is 4.39. The molecule has 3 heterocycles. The van der Waals surface area contributed by atoms with Gasteiger partial charge < -0.3 is 11.1 Å². The van der Waals surface area contributed by atoms with Crippen molar-refractivity contribution in [3.8, 4) is 9.88 Å². The normalized spacial score (nSPS) is 12.4. The van der Waals surface area contributed by atoms with Gasteiger partial charge in [0.25, 0.3) is 0 Å². The largest absolute Gasteiger partial charge is 0.360 e. The fraction of sp³-hybridized carbons (Fsp3) is 0.167. The lowest BCUT2D eigenvalue weighted by Crippen LogP contribution is -2.31. The van der Waals surface area contributed by atoms with Crippen molar-refractivity contribution in [3.05, 3.63) is 58.5 Å². The number of aromatic nitrogens is 3. The second-order valence-corrected chi connectivity index (χ2v) is 8.86. The average Bonchev–Trinajstić information content (AvgIpc) is 3.29. The molecule has 0 fully saturated rings. The number of nitrogens with two attached hydrogens (primary N) is 1. The topological polar surface area (TPSA) is 76.7 Å². The summed E-state index contributed by atoms with van der Waals surface area (Å²) < 4.78 is 1.07. The number of benzene rings is 1. The van der Waals surface area contributed by atoms with E-state index in [2.05, 4.69) is 20.3 Å². The number of rotatable bonds is 6. The smallest absolute Gasteiger partial charge is 0.183 e. The molecule has 0 radical (unpaired) electrons. The molecule has 0 aliphatic rings. The van der Waals surface area contributed by atoms with Crippen LogP contribution in [0.4, 0.5) is 5.13 Å². The molecule has 0 aliphatic heterocycles. The van der Waals surface area contributed by atoms with Crippen molar-refractivity contribution in [1.82, 2.24) is 15.0 Å². The van der Waals surface area contributed by atoms with Crippen molar-refractivity contribution in [1.29, 1.82) is 0 Å². The Morgan fingerprint density at radius 1 is 1.11 bits per heavy atom. The zero-order valence-electron chi connectivity index (χ0n) is 14.0. The van der Waals surface area contributed by atoms with Crippen molar-refractivity contribution in [3.63, 3.8) is 0 Å². The number of fused-ring (bicyclic) bond motifs is 1. The Kier molecular flexibility index (Phi) is 5.56. The van der Waals surface area contributed by atoms with Crippen LogP contribution in [0.25, 0.3) is 20.1 Å². The molecule has 0 bridgehead atoms. The van der Waals surface area contributed by atoms with Gasteiger partial charge >= 0.3 is 0 Å². The lowest BCUT2D eigenvalue weighted by molar-refractivity contribution is 0.699. The van der Waals surface area contributed by atoms with Crippen LogP contribution in [0.15, 0.2) is 42.9 Å². The number of halogens is 2. The maximum Gasteiger partial charge on any atom is 0.183 e. The minimum atomic E-state index is -0.0666. The van der Waals surface area contributed by atoms with E-state index in [1.54, 1.807) is 34.9 Å². The molecule has 9 heteroatoms. The van der Waals surface area contributed by atoms with Crippen molar-refractivity contribution in [2.75, 3.05) is 11.9 Å². The highest BCUT2D eigenvalue weighted by atomic mass is 35.5. The van der Waals surface area contributed by atoms with Gasteiger partial charge in [0.15, 0.2) is 5.13 Å². The molecule has 0 amide bonds. The summed E-state index contributed by atoms with van der Waals surface area (Å²) in [5.74, 6) is 0. The number of hydrogen-bond donors (Lipinski definition) is 2. The molecule has 4 rings (SSSR count). The van der Waals surface area contributed by atoms with Gasteiger partial charge in [-0.05, 0) is 30.2 Å². The van der Waals surface area contributed by atoms with Crippen LogP contribution in [0.3, 0.4) is 0 Å². The fourth-order valence-electron chi connectivity index (χ4n) is 2.60. The van der Waals surface area contributed by atoms with Crippen LogP contribution in [0.5, 0.6) is 0 Å². The summed E-state index contributed by atoms with van der Waals surface area (Å²) in [6.45, 7) is 0.608. The van der Waals surface area contributed by atoms with Gasteiger partial charge in [-0.15, -0.1) is 11.3 Å². The summed E-state index contributed by atoms with van der Waals surface area (Å²) in [4.78, 5) is 14.2. The zero-order valence-corrected chi connectivity index (χ0v) is 17.2. The van der Waals surface area contributed by atoms with Gasteiger partial charge in [-0.25, -0.2) is 9.97 Å². The quantitative estimate of drug-likeness (QED) is 0.440. The molecule has 0 spiro atoms. The van der Waals surface area contributed by atoms with Crippen LogP contribution in [0, 0.1) is 0 Å². The van der Waals surface area contributed by atoms with Crippen LogP contribution in [-0.2, 0) is 6.42 Å². The van der Waals surface area contributed by atoms with E-state index in [0.29, 0.717) is 23.0 Å². The third-order valence-corrected chi connectivity index (χ3v) is 6.77. The van der Waals surface area contributed by atoms with E-state index in [1.165, 1.54) is 0 Å². The minimum absolute atomic E-state index is 0.0666. The Morgan fingerprint density at radius 2 is 2.00 bits per heavy atom. The summed E-state index contributed by atoms with van der Waals surface area (Å²) in [5.41, 5.74) is 8.24. The van der Waals surface area contributed by atoms with E-state index < -0.39 is 0 Å². The maximum atomic E-state index is 6.23. The summed E-state index contributed by atoms with van der Waals surface area (Å²) in [7, 11) is 0. The van der Waals surface area contributed by atoms with Crippen LogP contribution in [0.1, 0.15) is 5.56 Å². The van der Waals surface area contributed by atoms with Crippen LogP contribution in [-0.4, -0.2) is 27.5 Å². The summed E-state index contributed by atoms with van der Waals surface area (Å²) in [6, 6.07) is 7.44. The first-order valence-electron chi connectivity index (χ1n) is 8.18. The van der Waals surface area contributed by atoms with Crippen molar-refractivity contribution in [2.45, 2.75) is 12.5 Å². The standard InChI is InChI=1S/C18H15Cl2N5S2/c19-12-2-1-10(6-13(12)20)5-11(21)7-23-18-24-9-16(27-18)17-25-14-3-4-22-8-15(14)26-17/h1-4,6,8-9,11H,5,7,21H2,(H,23,24)/t11-/m0/s1. The summed E-state index contributed by atoms with van der Waals surface area (Å²) in [6.07, 6.45) is 6.12. The molecule has 1 aromatic carbocycles. The van der Waals surface area contributed by atoms with E-state index in [4.69, 9.17) is 28.9 Å². The van der Waals surface area contributed by atoms with Gasteiger partial charge in [0.2, 0.25) is 0 Å². The third-order valence-electron chi connectivity index (χ3n) is 3.91. The number of thiazole rings is 2. The van der Waals surface area contributed by atoms with E-state index in [-0.39, 0.29) is 6.04 Å². The van der Waals surface area contributed by atoms with E-state index in [9.17, 15) is 0 Å². The van der Waals surface area contributed by atoms with Gasteiger partial charge in [-0.1, -0.05) is 40.6 Å². The molecule has 0 saturated heterocycles. The molecular weight excluding hydrogens is 421 g/mol. The second-order valence-electron chi connectivity index (χ2n) is 5.99. The first kappa shape index (κ1) is 18.6. The molecule has 5 nitrogen and oxygen atoms in total. The van der Waals surface area contributed by atoms with Gasteiger partial charge in [0, 0.05) is 25.0 Å². The Balaban J connectivity index is 1.38. The Hall–Kier alpha value is -1.77. The Labute approximate surface area is 174 Å². The van der Waals surface area contributed by atoms with Crippen molar-refractivity contribution in [2.24, 2.45) is 5.73 Å². The average molecular weight is 436 g/mol. The summed E-state index contributed by atoms with van der Waals surface area (Å²) >= 11 is 15.2. The van der Waals surface area contributed by atoms with E-state index >= 15 is 0 Å². The molecule has 3 aromatic heterocycles. The van der Waals surface area contributed by atoms with Crippen molar-refractivity contribution >= 4 is 61.2 Å². The SMILES string of the molecule is N[C@H](CNc1ncc(-c2nc3ccncc3s2)s1)Cc1ccc(Cl)c(Cl)c1. The van der Waals surface area contributed by atoms with Crippen LogP contribution >= 0.6 is 45.9 Å². The Morgan fingerprint density at radius 3 is 2.81 bits per heavy atom. The minimum Gasteiger partial charge on any atom is -0.360 e. The number of nitrogens with zero attached hydrogens (tertiary/aromatic N) is 3. The maximum absolute atomic E-state index is 6.23. The molecule has 0 unspecified atom stereocenters. The van der Waals surface area contributed by atoms with Gasteiger partial charge in [0.1, 0.15) is 5.01 Å². The molecule has 4 aromatic rings. The monoisotopic (exact) mass is 435 g/mol. The highest BCUT2D eigenvalue weighted by Crippen LogP contribution is 2.34. The molecular formula is C18H15Cl2N5S2. The van der Waals surface area contributed by atoms with Crippen LogP contribution in [0.2, 0.25) is 10.0 Å². The molecule has 27 heavy (non-hydrogen) atoms. The predicted molar refractivity (Wildman–Crippen MR) is 115 cm³/mol. The van der Waals surface area contributed by atoms with Gasteiger partial charge in [-0.2, -0.15) is 0 Å². The van der Waals surface area contributed by atoms with Gasteiger partial charge in [-0.3, -0.25) is 4.98 Å². The number of nitrogens with one attached hydrogen (secondary N) is 1. The number of hydrogen-bond acceptors (Lipinski definition) is 7. The first-order valence-corrected chi connectivity index (χ1v) is 10.6. The van der Waals surface area contributed by atoms with E-state index in [0.717, 1.165) is 30.8 Å². The van der Waals surface area contributed by atoms with E-state index in [1.807, 2.05) is 30.6 Å². The zero-order chi connectivity index (χ0) is 18.8. The Bertz CT molecular complexity index is 1050. The lowest BCUT2D eigenvalue weighted by atomic mass is 10.1. The summed E-state index contributed by atoms with van der Waals surface area (Å²) in [5, 5.41) is 6.17. The number of anilines is 1. The molecule has 1 atom stereocenters. The molecule has 0 aliphatic carbocycles. The van der Waals surface area contributed by atoms with Crippen LogP contribution < -0.4 is 11.1 Å². The first-order chi connectivity index (χ1) is 13.1. The van der Waals surface area contributed by atoms with Crippen molar-refractivity contribution < 1.29 is 0 Å². The van der Waals surface area contributed by atoms with Gasteiger partial charge in [0.05, 0.1) is 31.3 Å².